The molecule has 1 aromatic heterocycles. The highest BCUT2D eigenvalue weighted by Gasteiger charge is 2.02. The topological polar surface area (TPSA) is 17.1 Å². The van der Waals surface area contributed by atoms with E-state index in [0.29, 0.717) is 5.56 Å². The third-order valence-corrected chi connectivity index (χ3v) is 3.95. The quantitative estimate of drug-likeness (QED) is 0.470. The lowest BCUT2D eigenvalue weighted by Gasteiger charge is -2.02. The van der Waals surface area contributed by atoms with E-state index in [9.17, 15) is 4.79 Å². The van der Waals surface area contributed by atoms with Gasteiger partial charge in [-0.1, -0.05) is 60.7 Å². The van der Waals surface area contributed by atoms with Gasteiger partial charge >= 0.3 is 0 Å². The average molecular weight is 290 g/mol. The molecule has 0 amide bonds. The van der Waals surface area contributed by atoms with Gasteiger partial charge in [0.15, 0.2) is 5.78 Å². The summed E-state index contributed by atoms with van der Waals surface area (Å²) in [5.41, 5.74) is 4.05. The molecule has 2 heteroatoms. The van der Waals surface area contributed by atoms with Crippen LogP contribution < -0.4 is 0 Å². The van der Waals surface area contributed by atoms with Crippen molar-refractivity contribution in [2.45, 2.75) is 0 Å². The second kappa shape index (κ2) is 6.33. The Labute approximate surface area is 128 Å². The van der Waals surface area contributed by atoms with Gasteiger partial charge in [0.2, 0.25) is 0 Å². The summed E-state index contributed by atoms with van der Waals surface area (Å²) >= 11 is 1.62. The van der Waals surface area contributed by atoms with Crippen LogP contribution in [0.5, 0.6) is 0 Å². The molecule has 0 saturated heterocycles. The molecule has 0 atom stereocenters. The minimum Gasteiger partial charge on any atom is -0.289 e. The van der Waals surface area contributed by atoms with Crippen LogP contribution in [0.4, 0.5) is 0 Å². The van der Waals surface area contributed by atoms with Crippen molar-refractivity contribution in [3.63, 3.8) is 0 Å². The summed E-state index contributed by atoms with van der Waals surface area (Å²) in [5.74, 6) is 0.0285. The first-order valence-corrected chi connectivity index (χ1v) is 7.67. The Balaban J connectivity index is 1.76. The van der Waals surface area contributed by atoms with Crippen molar-refractivity contribution in [2.75, 3.05) is 0 Å². The lowest BCUT2D eigenvalue weighted by molar-refractivity contribution is 0.104. The zero-order valence-electron chi connectivity index (χ0n) is 11.4. The highest BCUT2D eigenvalue weighted by Crippen LogP contribution is 2.19. The number of hydrogen-bond donors (Lipinski definition) is 0. The summed E-state index contributed by atoms with van der Waals surface area (Å²) in [6, 6.07) is 19.9. The number of carbonyl (C=O) groups is 1. The van der Waals surface area contributed by atoms with Crippen LogP contribution in [-0.4, -0.2) is 5.78 Å². The summed E-state index contributed by atoms with van der Waals surface area (Å²) in [4.78, 5) is 12.1. The van der Waals surface area contributed by atoms with E-state index in [4.69, 9.17) is 0 Å². The van der Waals surface area contributed by atoms with Crippen molar-refractivity contribution < 1.29 is 4.79 Å². The molecule has 3 aromatic rings. The number of ketones is 1. The Hall–Kier alpha value is -2.45. The molecule has 102 valence electrons. The minimum atomic E-state index is 0.0285. The molecule has 3 rings (SSSR count). The summed E-state index contributed by atoms with van der Waals surface area (Å²) in [7, 11) is 0. The van der Waals surface area contributed by atoms with Gasteiger partial charge in [-0.15, -0.1) is 0 Å². The maximum absolute atomic E-state index is 12.1. The summed E-state index contributed by atoms with van der Waals surface area (Å²) in [6.07, 6.45) is 3.48. The second-order valence-electron chi connectivity index (χ2n) is 4.70. The largest absolute Gasteiger partial charge is 0.289 e. The molecule has 0 bridgehead atoms. The molecule has 0 aliphatic carbocycles. The fourth-order valence-corrected chi connectivity index (χ4v) is 2.72. The Kier molecular flexibility index (Phi) is 4.08. The van der Waals surface area contributed by atoms with E-state index < -0.39 is 0 Å². The van der Waals surface area contributed by atoms with Gasteiger partial charge in [0.1, 0.15) is 0 Å². The standard InChI is InChI=1S/C19H14OS/c20-19(11-6-15-12-13-21-14-15)18-9-7-17(8-10-18)16-4-2-1-3-5-16/h1-14H/b11-6+. The van der Waals surface area contributed by atoms with Crippen molar-refractivity contribution in [1.29, 1.82) is 0 Å². The van der Waals surface area contributed by atoms with Gasteiger partial charge < -0.3 is 0 Å². The summed E-state index contributed by atoms with van der Waals surface area (Å²) < 4.78 is 0. The monoisotopic (exact) mass is 290 g/mol. The Bertz CT molecular complexity index is 738. The summed E-state index contributed by atoms with van der Waals surface area (Å²) in [5, 5.41) is 4.01. The lowest BCUT2D eigenvalue weighted by atomic mass is 10.0. The van der Waals surface area contributed by atoms with E-state index in [1.807, 2.05) is 65.4 Å². The van der Waals surface area contributed by atoms with Crippen LogP contribution in [0.25, 0.3) is 17.2 Å². The molecular formula is C19H14OS. The van der Waals surface area contributed by atoms with Gasteiger partial charge in [0.05, 0.1) is 0 Å². The zero-order chi connectivity index (χ0) is 14.5. The van der Waals surface area contributed by atoms with Crippen LogP contribution in [0.2, 0.25) is 0 Å². The Morgan fingerprint density at radius 2 is 1.57 bits per heavy atom. The van der Waals surface area contributed by atoms with Crippen molar-refractivity contribution >= 4 is 23.2 Å². The van der Waals surface area contributed by atoms with Gasteiger partial charge in [-0.3, -0.25) is 4.79 Å². The fraction of sp³-hybridized carbons (Fsp3) is 0. The van der Waals surface area contributed by atoms with E-state index in [2.05, 4.69) is 12.1 Å². The van der Waals surface area contributed by atoms with Crippen LogP contribution in [0.3, 0.4) is 0 Å². The van der Waals surface area contributed by atoms with Gasteiger partial charge in [-0.05, 0) is 39.6 Å². The SMILES string of the molecule is O=C(/C=C/c1ccsc1)c1ccc(-c2ccccc2)cc1. The molecular weight excluding hydrogens is 276 g/mol. The number of benzene rings is 2. The molecule has 0 unspecified atom stereocenters. The molecule has 0 aliphatic heterocycles. The van der Waals surface area contributed by atoms with Gasteiger partial charge in [-0.2, -0.15) is 11.3 Å². The van der Waals surface area contributed by atoms with Crippen molar-refractivity contribution in [3.05, 3.63) is 88.6 Å². The number of allylic oxidation sites excluding steroid dienone is 1. The molecule has 0 radical (unpaired) electrons. The third-order valence-electron chi connectivity index (χ3n) is 3.25. The third kappa shape index (κ3) is 3.36. The fourth-order valence-electron chi connectivity index (χ4n) is 2.10. The predicted octanol–water partition coefficient (Wildman–Crippen LogP) is 5.31. The highest BCUT2D eigenvalue weighted by atomic mass is 32.1. The number of thiophene rings is 1. The average Bonchev–Trinajstić information content (AvgIpc) is 3.07. The van der Waals surface area contributed by atoms with E-state index >= 15 is 0 Å². The number of carbonyl (C=O) groups excluding carboxylic acids is 1. The molecule has 1 heterocycles. The van der Waals surface area contributed by atoms with E-state index in [1.165, 1.54) is 0 Å². The number of hydrogen-bond acceptors (Lipinski definition) is 2. The normalized spacial score (nSPS) is 10.9. The molecule has 0 saturated carbocycles. The van der Waals surface area contributed by atoms with Crippen LogP contribution in [0.15, 0.2) is 77.5 Å². The number of rotatable bonds is 4. The van der Waals surface area contributed by atoms with Gasteiger partial charge in [0.25, 0.3) is 0 Å². The van der Waals surface area contributed by atoms with Crippen LogP contribution in [-0.2, 0) is 0 Å². The molecule has 0 spiro atoms. The first-order valence-electron chi connectivity index (χ1n) is 6.73. The Morgan fingerprint density at radius 3 is 2.24 bits per heavy atom. The van der Waals surface area contributed by atoms with Crippen molar-refractivity contribution in [1.82, 2.24) is 0 Å². The van der Waals surface area contributed by atoms with Crippen molar-refractivity contribution in [3.8, 4) is 11.1 Å². The van der Waals surface area contributed by atoms with Gasteiger partial charge in [-0.25, -0.2) is 0 Å². The highest BCUT2D eigenvalue weighted by molar-refractivity contribution is 7.08. The second-order valence-corrected chi connectivity index (χ2v) is 5.48. The zero-order valence-corrected chi connectivity index (χ0v) is 12.2. The van der Waals surface area contributed by atoms with E-state index in [0.717, 1.165) is 16.7 Å². The predicted molar refractivity (Wildman–Crippen MR) is 89.6 cm³/mol. The van der Waals surface area contributed by atoms with E-state index in [-0.39, 0.29) is 5.78 Å². The van der Waals surface area contributed by atoms with Gasteiger partial charge in [0, 0.05) is 5.56 Å². The lowest BCUT2D eigenvalue weighted by Crippen LogP contribution is -1.93. The molecule has 0 fully saturated rings. The smallest absolute Gasteiger partial charge is 0.185 e. The minimum absolute atomic E-state index is 0.0285. The maximum atomic E-state index is 12.1. The van der Waals surface area contributed by atoms with Crippen LogP contribution in [0, 0.1) is 0 Å². The first kappa shape index (κ1) is 13.5. The Morgan fingerprint density at radius 1 is 0.857 bits per heavy atom. The maximum Gasteiger partial charge on any atom is 0.185 e. The molecule has 0 N–H and O–H groups in total. The molecule has 1 nitrogen and oxygen atoms in total. The molecule has 21 heavy (non-hydrogen) atoms. The van der Waals surface area contributed by atoms with Crippen LogP contribution in [0.1, 0.15) is 15.9 Å². The first-order chi connectivity index (χ1) is 10.3. The van der Waals surface area contributed by atoms with Crippen molar-refractivity contribution in [2.24, 2.45) is 0 Å². The molecule has 0 aliphatic rings. The molecule has 2 aromatic carbocycles. The van der Waals surface area contributed by atoms with E-state index in [1.54, 1.807) is 17.4 Å². The summed E-state index contributed by atoms with van der Waals surface area (Å²) in [6.45, 7) is 0. The van der Waals surface area contributed by atoms with Crippen LogP contribution >= 0.6 is 11.3 Å².